The monoisotopic (exact) mass is 350 g/mol. The number of allylic oxidation sites excluding steroid dienone is 1. The summed E-state index contributed by atoms with van der Waals surface area (Å²) in [6, 6.07) is 17.7. The van der Waals surface area contributed by atoms with Crippen LogP contribution in [0.15, 0.2) is 65.3 Å². The Morgan fingerprint density at radius 2 is 1.88 bits per heavy atom. The van der Waals surface area contributed by atoms with Crippen molar-refractivity contribution in [3.05, 3.63) is 70.5 Å². The molecule has 3 rings (SSSR count). The van der Waals surface area contributed by atoms with Gasteiger partial charge in [0.1, 0.15) is 5.75 Å². The van der Waals surface area contributed by atoms with E-state index in [-0.39, 0.29) is 0 Å². The van der Waals surface area contributed by atoms with E-state index in [9.17, 15) is 0 Å². The lowest BCUT2D eigenvalue weighted by Crippen LogP contribution is -1.95. The number of nitrogens with zero attached hydrogens (tertiary/aromatic N) is 3. The molecule has 0 amide bonds. The van der Waals surface area contributed by atoms with Crippen LogP contribution >= 0.6 is 12.2 Å². The zero-order valence-electron chi connectivity index (χ0n) is 14.0. The van der Waals surface area contributed by atoms with Crippen molar-refractivity contribution in [2.75, 3.05) is 7.11 Å². The summed E-state index contributed by atoms with van der Waals surface area (Å²) in [6.45, 7) is 1.99. The highest BCUT2D eigenvalue weighted by molar-refractivity contribution is 7.71. The summed E-state index contributed by atoms with van der Waals surface area (Å²) >= 11 is 5.29. The normalized spacial score (nSPS) is 11.8. The molecule has 2 aromatic carbocycles. The van der Waals surface area contributed by atoms with Gasteiger partial charge in [-0.05, 0) is 54.5 Å². The van der Waals surface area contributed by atoms with Crippen LogP contribution in [0.2, 0.25) is 0 Å². The maximum atomic E-state index is 5.29. The van der Waals surface area contributed by atoms with Gasteiger partial charge in [-0.1, -0.05) is 36.4 Å². The largest absolute Gasteiger partial charge is 0.497 e. The Morgan fingerprint density at radius 3 is 2.56 bits per heavy atom. The molecule has 1 aromatic heterocycles. The standard InChI is InChI=1S/C19H18N4OS/c1-14(12-15-6-4-3-5-7-15)13-20-23-18(21-22-19(23)25)16-8-10-17(24-2)11-9-16/h3-13H,1-2H3,(H,22,25). The summed E-state index contributed by atoms with van der Waals surface area (Å²) in [5.41, 5.74) is 3.03. The number of ether oxygens (including phenoxy) is 1. The van der Waals surface area contributed by atoms with Crippen molar-refractivity contribution in [3.8, 4) is 17.1 Å². The van der Waals surface area contributed by atoms with Crippen LogP contribution in [-0.2, 0) is 0 Å². The van der Waals surface area contributed by atoms with Crippen LogP contribution in [0.1, 0.15) is 12.5 Å². The van der Waals surface area contributed by atoms with Crippen molar-refractivity contribution < 1.29 is 4.74 Å². The molecular formula is C19H18N4OS. The maximum Gasteiger partial charge on any atom is 0.216 e. The Labute approximate surface area is 151 Å². The van der Waals surface area contributed by atoms with Gasteiger partial charge < -0.3 is 4.74 Å². The van der Waals surface area contributed by atoms with Crippen molar-refractivity contribution in [3.63, 3.8) is 0 Å². The Bertz CT molecular complexity index is 953. The summed E-state index contributed by atoms with van der Waals surface area (Å²) < 4.78 is 7.23. The first-order chi connectivity index (χ1) is 12.2. The van der Waals surface area contributed by atoms with Gasteiger partial charge in [0.25, 0.3) is 0 Å². The van der Waals surface area contributed by atoms with Gasteiger partial charge in [-0.2, -0.15) is 14.9 Å². The number of benzene rings is 2. The predicted octanol–water partition coefficient (Wildman–Crippen LogP) is 4.55. The van der Waals surface area contributed by atoms with E-state index >= 15 is 0 Å². The van der Waals surface area contributed by atoms with Crippen molar-refractivity contribution in [2.45, 2.75) is 6.92 Å². The molecular weight excluding hydrogens is 332 g/mol. The van der Waals surface area contributed by atoms with E-state index in [0.717, 1.165) is 22.4 Å². The molecule has 0 aliphatic rings. The minimum atomic E-state index is 0.439. The molecule has 1 N–H and O–H groups in total. The van der Waals surface area contributed by atoms with Crippen LogP contribution in [0.5, 0.6) is 5.75 Å². The van der Waals surface area contributed by atoms with Gasteiger partial charge >= 0.3 is 0 Å². The minimum Gasteiger partial charge on any atom is -0.497 e. The quantitative estimate of drug-likeness (QED) is 0.542. The molecule has 0 atom stereocenters. The molecule has 0 saturated carbocycles. The van der Waals surface area contributed by atoms with Crippen LogP contribution in [0.25, 0.3) is 17.5 Å². The average Bonchev–Trinajstić information content (AvgIpc) is 3.01. The van der Waals surface area contributed by atoms with E-state index in [1.807, 2.05) is 61.5 Å². The van der Waals surface area contributed by atoms with Crippen LogP contribution in [0, 0.1) is 4.77 Å². The number of nitrogens with one attached hydrogen (secondary N) is 1. The second-order valence-corrected chi connectivity index (χ2v) is 5.82. The fourth-order valence-corrected chi connectivity index (χ4v) is 2.50. The first-order valence-electron chi connectivity index (χ1n) is 7.77. The van der Waals surface area contributed by atoms with Crippen molar-refractivity contribution in [1.29, 1.82) is 0 Å². The zero-order valence-corrected chi connectivity index (χ0v) is 14.8. The number of H-pyrrole nitrogens is 1. The number of methoxy groups -OCH3 is 1. The minimum absolute atomic E-state index is 0.439. The third kappa shape index (κ3) is 4.10. The van der Waals surface area contributed by atoms with E-state index < -0.39 is 0 Å². The molecule has 126 valence electrons. The topological polar surface area (TPSA) is 55.2 Å². The summed E-state index contributed by atoms with van der Waals surface area (Å²) in [7, 11) is 1.64. The average molecular weight is 350 g/mol. The first-order valence-corrected chi connectivity index (χ1v) is 8.18. The highest BCUT2D eigenvalue weighted by Gasteiger charge is 2.08. The molecule has 0 aliphatic carbocycles. The Balaban J connectivity index is 1.89. The van der Waals surface area contributed by atoms with Crippen LogP contribution < -0.4 is 4.74 Å². The highest BCUT2D eigenvalue weighted by Crippen LogP contribution is 2.20. The zero-order chi connectivity index (χ0) is 17.6. The van der Waals surface area contributed by atoms with Crippen LogP contribution in [-0.4, -0.2) is 28.2 Å². The Kier molecular flexibility index (Phi) is 5.20. The van der Waals surface area contributed by atoms with Gasteiger partial charge in [0.05, 0.1) is 13.3 Å². The van der Waals surface area contributed by atoms with Crippen LogP contribution in [0.3, 0.4) is 0 Å². The van der Waals surface area contributed by atoms with Crippen molar-refractivity contribution >= 4 is 24.5 Å². The maximum absolute atomic E-state index is 5.29. The molecule has 5 nitrogen and oxygen atoms in total. The molecule has 0 unspecified atom stereocenters. The fourth-order valence-electron chi connectivity index (χ4n) is 2.32. The summed E-state index contributed by atoms with van der Waals surface area (Å²) in [5.74, 6) is 1.44. The lowest BCUT2D eigenvalue weighted by molar-refractivity contribution is 0.415. The smallest absolute Gasteiger partial charge is 0.216 e. The lowest BCUT2D eigenvalue weighted by Gasteiger charge is -2.03. The van der Waals surface area contributed by atoms with Gasteiger partial charge in [0, 0.05) is 5.56 Å². The first kappa shape index (κ1) is 16.9. The molecule has 0 fully saturated rings. The lowest BCUT2D eigenvalue weighted by atomic mass is 10.1. The molecule has 0 aliphatic heterocycles. The summed E-state index contributed by atoms with van der Waals surface area (Å²) in [6.07, 6.45) is 3.82. The number of aromatic nitrogens is 3. The van der Waals surface area contributed by atoms with E-state index in [4.69, 9.17) is 17.0 Å². The van der Waals surface area contributed by atoms with Crippen LogP contribution in [0.4, 0.5) is 0 Å². The summed E-state index contributed by atoms with van der Waals surface area (Å²) in [4.78, 5) is 0. The third-order valence-electron chi connectivity index (χ3n) is 3.57. The number of hydrogen-bond donors (Lipinski definition) is 1. The van der Waals surface area contributed by atoms with Gasteiger partial charge in [-0.3, -0.25) is 0 Å². The number of rotatable bonds is 5. The molecule has 1 heterocycles. The fraction of sp³-hybridized carbons (Fsp3) is 0.105. The van der Waals surface area contributed by atoms with E-state index in [1.54, 1.807) is 18.0 Å². The molecule has 0 saturated heterocycles. The van der Waals surface area contributed by atoms with E-state index in [1.165, 1.54) is 0 Å². The number of hydrogen-bond acceptors (Lipinski definition) is 4. The molecule has 0 bridgehead atoms. The third-order valence-corrected chi connectivity index (χ3v) is 3.83. The van der Waals surface area contributed by atoms with Gasteiger partial charge in [-0.25, -0.2) is 5.10 Å². The Morgan fingerprint density at radius 1 is 1.16 bits per heavy atom. The van der Waals surface area contributed by atoms with Crippen molar-refractivity contribution in [2.24, 2.45) is 5.10 Å². The Hall–Kier alpha value is -2.99. The number of aromatic amines is 1. The second-order valence-electron chi connectivity index (χ2n) is 5.44. The second kappa shape index (κ2) is 7.72. The SMILES string of the molecule is COc1ccc(-c2n[nH]c(=S)n2N=CC(C)=Cc2ccccc2)cc1. The molecule has 0 spiro atoms. The van der Waals surface area contributed by atoms with Gasteiger partial charge in [-0.15, -0.1) is 0 Å². The van der Waals surface area contributed by atoms with Gasteiger partial charge in [0.2, 0.25) is 4.77 Å². The van der Waals surface area contributed by atoms with E-state index in [0.29, 0.717) is 10.6 Å². The van der Waals surface area contributed by atoms with E-state index in [2.05, 4.69) is 21.4 Å². The summed E-state index contributed by atoms with van der Waals surface area (Å²) in [5, 5.41) is 11.5. The van der Waals surface area contributed by atoms with Gasteiger partial charge in [0.15, 0.2) is 5.82 Å². The molecule has 3 aromatic rings. The molecule has 25 heavy (non-hydrogen) atoms. The molecule has 0 radical (unpaired) electrons. The molecule has 6 heteroatoms. The predicted molar refractivity (Wildman–Crippen MR) is 103 cm³/mol. The van der Waals surface area contributed by atoms with Crippen molar-refractivity contribution in [1.82, 2.24) is 14.9 Å². The highest BCUT2D eigenvalue weighted by atomic mass is 32.1.